The number of carbonyl (C=O) groups excluding carboxylic acids is 2. The van der Waals surface area contributed by atoms with Crippen LogP contribution in [0.5, 0.6) is 0 Å². The van der Waals surface area contributed by atoms with Gasteiger partial charge in [0, 0.05) is 64.1 Å². The molecule has 0 spiro atoms. The third-order valence-electron chi connectivity index (χ3n) is 6.09. The number of hydrogen-bond acceptors (Lipinski definition) is 4. The van der Waals surface area contributed by atoms with Gasteiger partial charge >= 0.3 is 5.97 Å². The van der Waals surface area contributed by atoms with Crippen molar-refractivity contribution < 1.29 is 14.3 Å². The van der Waals surface area contributed by atoms with Gasteiger partial charge in [-0.05, 0) is 37.1 Å². The van der Waals surface area contributed by atoms with Gasteiger partial charge in [0.05, 0.1) is 12.5 Å². The third kappa shape index (κ3) is 5.07. The van der Waals surface area contributed by atoms with E-state index in [0.29, 0.717) is 52.6 Å². The Labute approximate surface area is 201 Å². The van der Waals surface area contributed by atoms with Crippen LogP contribution in [0, 0.1) is 5.92 Å². The van der Waals surface area contributed by atoms with Gasteiger partial charge < -0.3 is 14.6 Å². The Balaban J connectivity index is 1.58. The maximum Gasteiger partial charge on any atom is 0.309 e. The molecule has 4 rings (SSSR count). The van der Waals surface area contributed by atoms with E-state index in [2.05, 4.69) is 4.98 Å². The second-order valence-electron chi connectivity index (χ2n) is 8.18. The average Bonchev–Trinajstić information content (AvgIpc) is 2.80. The second-order valence-corrected chi connectivity index (χ2v) is 9.02. The van der Waals surface area contributed by atoms with Gasteiger partial charge in [0.25, 0.3) is 5.56 Å². The molecule has 1 N–H and O–H groups in total. The van der Waals surface area contributed by atoms with Crippen LogP contribution < -0.4 is 5.56 Å². The second kappa shape index (κ2) is 9.98. The maximum atomic E-state index is 13.0. The van der Waals surface area contributed by atoms with E-state index in [-0.39, 0.29) is 36.4 Å². The topological polar surface area (TPSA) is 79.5 Å². The molecule has 6 nitrogen and oxygen atoms in total. The Kier molecular flexibility index (Phi) is 7.05. The largest absolute Gasteiger partial charge is 0.465 e. The lowest BCUT2D eigenvalue weighted by Gasteiger charge is -2.30. The summed E-state index contributed by atoms with van der Waals surface area (Å²) < 4.78 is 5.54. The van der Waals surface area contributed by atoms with E-state index in [9.17, 15) is 14.4 Å². The number of hydrogen-bond donors (Lipinski definition) is 1. The standard InChI is InChI=1S/C25H24Cl2N2O4/c1-15(30)29-11-8-16(9-12-29)25(32)33-13-10-19-23(18-4-2-3-5-21(18)27)20-14-17(26)6-7-22(20)28-24(19)31/h2-7,14,16H,8-13H2,1H3,(H,28,31). The predicted octanol–water partition coefficient (Wildman–Crippen LogP) is 4.85. The van der Waals surface area contributed by atoms with Gasteiger partial charge in [-0.15, -0.1) is 0 Å². The van der Waals surface area contributed by atoms with Crippen molar-refractivity contribution in [1.82, 2.24) is 9.88 Å². The number of esters is 1. The summed E-state index contributed by atoms with van der Waals surface area (Å²) in [6, 6.07) is 12.6. The zero-order chi connectivity index (χ0) is 23.5. The molecule has 1 amide bonds. The van der Waals surface area contributed by atoms with E-state index >= 15 is 0 Å². The molecule has 1 fully saturated rings. The van der Waals surface area contributed by atoms with Gasteiger partial charge in [-0.3, -0.25) is 14.4 Å². The fraction of sp³-hybridized carbons (Fsp3) is 0.320. The first-order chi connectivity index (χ1) is 15.8. The first kappa shape index (κ1) is 23.3. The number of halogens is 2. The SMILES string of the molecule is CC(=O)N1CCC(C(=O)OCCc2c(-c3ccccc3Cl)c3cc(Cl)ccc3[nH]c2=O)CC1. The minimum atomic E-state index is -0.294. The van der Waals surface area contributed by atoms with Crippen molar-refractivity contribution in [1.29, 1.82) is 0 Å². The highest BCUT2D eigenvalue weighted by molar-refractivity contribution is 6.34. The summed E-state index contributed by atoms with van der Waals surface area (Å²) >= 11 is 12.7. The highest BCUT2D eigenvalue weighted by Gasteiger charge is 2.27. The van der Waals surface area contributed by atoms with Gasteiger partial charge in [0.1, 0.15) is 0 Å². The number of carbonyl (C=O) groups is 2. The molecular formula is C25H24Cl2N2O4. The number of nitrogens with zero attached hydrogens (tertiary/aromatic N) is 1. The number of amides is 1. The molecule has 0 radical (unpaired) electrons. The van der Waals surface area contributed by atoms with Crippen molar-refractivity contribution in [2.24, 2.45) is 5.92 Å². The first-order valence-electron chi connectivity index (χ1n) is 10.9. The molecule has 2 aromatic carbocycles. The molecule has 3 aromatic rings. The van der Waals surface area contributed by atoms with Crippen molar-refractivity contribution in [3.8, 4) is 11.1 Å². The summed E-state index contributed by atoms with van der Waals surface area (Å²) in [7, 11) is 0. The van der Waals surface area contributed by atoms with Crippen LogP contribution in [0.25, 0.3) is 22.0 Å². The molecule has 33 heavy (non-hydrogen) atoms. The van der Waals surface area contributed by atoms with Crippen LogP contribution in [0.2, 0.25) is 10.0 Å². The van der Waals surface area contributed by atoms with E-state index in [1.807, 2.05) is 18.2 Å². The fourth-order valence-corrected chi connectivity index (χ4v) is 4.72. The van der Waals surface area contributed by atoms with E-state index in [1.54, 1.807) is 29.2 Å². The Hall–Kier alpha value is -2.83. The van der Waals surface area contributed by atoms with Gasteiger partial charge in [-0.1, -0.05) is 41.4 Å². The number of nitrogens with one attached hydrogen (secondary N) is 1. The van der Waals surface area contributed by atoms with Crippen molar-refractivity contribution >= 4 is 46.0 Å². The minimum absolute atomic E-state index is 0.0181. The van der Waals surface area contributed by atoms with Crippen LogP contribution in [0.15, 0.2) is 47.3 Å². The van der Waals surface area contributed by atoms with Crippen molar-refractivity contribution in [2.75, 3.05) is 19.7 Å². The number of pyridine rings is 1. The fourth-order valence-electron chi connectivity index (χ4n) is 4.32. The molecule has 0 aliphatic carbocycles. The van der Waals surface area contributed by atoms with Crippen molar-refractivity contribution in [2.45, 2.75) is 26.2 Å². The summed E-state index contributed by atoms with van der Waals surface area (Å²) in [6.45, 7) is 2.70. The van der Waals surface area contributed by atoms with Gasteiger partial charge in [0.2, 0.25) is 5.91 Å². The third-order valence-corrected chi connectivity index (χ3v) is 6.65. The van der Waals surface area contributed by atoms with E-state index < -0.39 is 0 Å². The number of fused-ring (bicyclic) bond motifs is 1. The number of H-pyrrole nitrogens is 1. The van der Waals surface area contributed by atoms with Crippen LogP contribution in [-0.2, 0) is 20.7 Å². The van der Waals surface area contributed by atoms with E-state index in [0.717, 1.165) is 10.9 Å². The Morgan fingerprint density at radius 2 is 1.85 bits per heavy atom. The molecule has 0 bridgehead atoms. The van der Waals surface area contributed by atoms with Crippen LogP contribution in [0.4, 0.5) is 0 Å². The van der Waals surface area contributed by atoms with Crippen LogP contribution in [0.1, 0.15) is 25.3 Å². The number of ether oxygens (including phenoxy) is 1. The molecule has 8 heteroatoms. The molecule has 1 aliphatic heterocycles. The molecule has 0 unspecified atom stereocenters. The summed E-state index contributed by atoms with van der Waals surface area (Å²) in [6.07, 6.45) is 1.40. The highest BCUT2D eigenvalue weighted by atomic mass is 35.5. The van der Waals surface area contributed by atoms with E-state index in [1.165, 1.54) is 6.92 Å². The summed E-state index contributed by atoms with van der Waals surface area (Å²) in [5, 5.41) is 1.82. The van der Waals surface area contributed by atoms with E-state index in [4.69, 9.17) is 27.9 Å². The van der Waals surface area contributed by atoms with Crippen molar-refractivity contribution in [3.63, 3.8) is 0 Å². The molecule has 0 atom stereocenters. The lowest BCUT2D eigenvalue weighted by molar-refractivity contribution is -0.151. The van der Waals surface area contributed by atoms with Gasteiger partial charge in [0.15, 0.2) is 0 Å². The number of aromatic amines is 1. The highest BCUT2D eigenvalue weighted by Crippen LogP contribution is 2.35. The predicted molar refractivity (Wildman–Crippen MR) is 130 cm³/mol. The van der Waals surface area contributed by atoms with Crippen LogP contribution in [-0.4, -0.2) is 41.5 Å². The number of piperidine rings is 1. The molecule has 1 aliphatic rings. The molecule has 2 heterocycles. The number of benzene rings is 2. The molecule has 172 valence electrons. The van der Waals surface area contributed by atoms with Gasteiger partial charge in [-0.25, -0.2) is 0 Å². The minimum Gasteiger partial charge on any atom is -0.465 e. The molecule has 0 saturated carbocycles. The number of aromatic nitrogens is 1. The molecular weight excluding hydrogens is 463 g/mol. The lowest BCUT2D eigenvalue weighted by atomic mass is 9.94. The molecule has 1 aromatic heterocycles. The normalized spacial score (nSPS) is 14.5. The Bertz CT molecular complexity index is 1260. The number of rotatable bonds is 5. The maximum absolute atomic E-state index is 13.0. The average molecular weight is 487 g/mol. The monoisotopic (exact) mass is 486 g/mol. The van der Waals surface area contributed by atoms with Crippen molar-refractivity contribution in [3.05, 3.63) is 68.4 Å². The lowest BCUT2D eigenvalue weighted by Crippen LogP contribution is -2.39. The first-order valence-corrected chi connectivity index (χ1v) is 11.6. The summed E-state index contributed by atoms with van der Waals surface area (Å²) in [5.74, 6) is -0.514. The van der Waals surface area contributed by atoms with Crippen LogP contribution >= 0.6 is 23.2 Å². The Morgan fingerprint density at radius 3 is 2.55 bits per heavy atom. The summed E-state index contributed by atoms with van der Waals surface area (Å²) in [5.41, 5.74) is 2.28. The van der Waals surface area contributed by atoms with Gasteiger partial charge in [-0.2, -0.15) is 0 Å². The summed E-state index contributed by atoms with van der Waals surface area (Å²) in [4.78, 5) is 41.7. The smallest absolute Gasteiger partial charge is 0.309 e. The van der Waals surface area contributed by atoms with Crippen LogP contribution in [0.3, 0.4) is 0 Å². The quantitative estimate of drug-likeness (QED) is 0.522. The molecule has 1 saturated heterocycles. The zero-order valence-corrected chi connectivity index (χ0v) is 19.7. The zero-order valence-electron chi connectivity index (χ0n) is 18.2. The Morgan fingerprint density at radius 1 is 1.12 bits per heavy atom. The number of likely N-dealkylation sites (tertiary alicyclic amines) is 1.